The number of rotatable bonds is 4. The normalized spacial score (nSPS) is 31.9. The minimum Gasteiger partial charge on any atom is -0.388 e. The van der Waals surface area contributed by atoms with Gasteiger partial charge in [-0.2, -0.15) is 0 Å². The van der Waals surface area contributed by atoms with E-state index in [-0.39, 0.29) is 0 Å². The van der Waals surface area contributed by atoms with Crippen LogP contribution in [0.3, 0.4) is 0 Å². The first kappa shape index (κ1) is 17.2. The van der Waals surface area contributed by atoms with E-state index in [9.17, 15) is 5.11 Å². The quantitative estimate of drug-likeness (QED) is 0.834. The van der Waals surface area contributed by atoms with Crippen LogP contribution in [0.2, 0.25) is 0 Å². The number of hydrogen-bond acceptors (Lipinski definition) is 5. The molecule has 0 amide bonds. The van der Waals surface area contributed by atoms with Crippen LogP contribution >= 0.6 is 0 Å². The van der Waals surface area contributed by atoms with E-state index in [0.717, 1.165) is 57.8 Å². The summed E-state index contributed by atoms with van der Waals surface area (Å²) in [5, 5.41) is 10.6. The van der Waals surface area contributed by atoms with Gasteiger partial charge in [0, 0.05) is 84.0 Å². The van der Waals surface area contributed by atoms with Gasteiger partial charge in [-0.05, 0) is 12.8 Å². The van der Waals surface area contributed by atoms with Gasteiger partial charge in [0.2, 0.25) is 0 Å². The van der Waals surface area contributed by atoms with Crippen molar-refractivity contribution in [1.82, 2.24) is 14.7 Å². The first-order chi connectivity index (χ1) is 11.7. The van der Waals surface area contributed by atoms with Gasteiger partial charge < -0.3 is 9.84 Å². The lowest BCUT2D eigenvalue weighted by atomic mass is 9.91. The van der Waals surface area contributed by atoms with Gasteiger partial charge in [0.15, 0.2) is 0 Å². The van der Waals surface area contributed by atoms with Crippen molar-refractivity contribution in [1.29, 1.82) is 0 Å². The van der Waals surface area contributed by atoms with Crippen molar-refractivity contribution in [2.75, 3.05) is 59.0 Å². The number of likely N-dealkylation sites (tertiary alicyclic amines) is 1. The molecule has 0 bridgehead atoms. The van der Waals surface area contributed by atoms with Gasteiger partial charge in [-0.25, -0.2) is 0 Å². The molecular formula is C19H35N3O2. The topological polar surface area (TPSA) is 39.2 Å². The molecule has 0 aromatic rings. The van der Waals surface area contributed by atoms with Crippen LogP contribution in [0.1, 0.15) is 44.9 Å². The standard InChI is InChI=1S/C19H35N3O2/c23-19(6-12-24-13-7-19)16-20-14-18(15-20)22-10-8-21(9-11-22)17-4-2-1-3-5-17/h17-18,23H,1-16H2. The highest BCUT2D eigenvalue weighted by Crippen LogP contribution is 2.27. The summed E-state index contributed by atoms with van der Waals surface area (Å²) < 4.78 is 5.38. The van der Waals surface area contributed by atoms with Crippen molar-refractivity contribution in [2.45, 2.75) is 62.6 Å². The first-order valence-corrected chi connectivity index (χ1v) is 10.2. The highest BCUT2D eigenvalue weighted by molar-refractivity contribution is 4.95. The molecular weight excluding hydrogens is 302 g/mol. The molecule has 0 aromatic carbocycles. The van der Waals surface area contributed by atoms with Crippen LogP contribution in [-0.2, 0) is 4.74 Å². The Labute approximate surface area is 146 Å². The van der Waals surface area contributed by atoms with Gasteiger partial charge in [0.05, 0.1) is 5.60 Å². The molecule has 24 heavy (non-hydrogen) atoms. The van der Waals surface area contributed by atoms with Crippen molar-refractivity contribution in [3.05, 3.63) is 0 Å². The number of piperazine rings is 1. The van der Waals surface area contributed by atoms with Crippen molar-refractivity contribution < 1.29 is 9.84 Å². The second-order valence-corrected chi connectivity index (χ2v) is 8.55. The fourth-order valence-electron chi connectivity index (χ4n) is 5.14. The SMILES string of the molecule is OC1(CN2CC(N3CCN(C4CCCCC4)CC3)C2)CCOCC1. The van der Waals surface area contributed by atoms with E-state index in [1.165, 1.54) is 58.3 Å². The largest absolute Gasteiger partial charge is 0.388 e. The minimum atomic E-state index is -0.497. The summed E-state index contributed by atoms with van der Waals surface area (Å²) in [6.07, 6.45) is 8.79. The summed E-state index contributed by atoms with van der Waals surface area (Å²) >= 11 is 0. The third-order valence-corrected chi connectivity index (χ3v) is 6.84. The maximum absolute atomic E-state index is 10.6. The van der Waals surface area contributed by atoms with Crippen molar-refractivity contribution in [3.8, 4) is 0 Å². The number of aliphatic hydroxyl groups is 1. The molecule has 0 atom stereocenters. The van der Waals surface area contributed by atoms with Gasteiger partial charge in [-0.1, -0.05) is 19.3 Å². The van der Waals surface area contributed by atoms with Crippen LogP contribution in [0, 0.1) is 0 Å². The average Bonchev–Trinajstić information content (AvgIpc) is 2.59. The van der Waals surface area contributed by atoms with Crippen molar-refractivity contribution in [2.24, 2.45) is 0 Å². The van der Waals surface area contributed by atoms with Crippen LogP contribution in [0.4, 0.5) is 0 Å². The molecule has 138 valence electrons. The van der Waals surface area contributed by atoms with Gasteiger partial charge in [0.1, 0.15) is 0 Å². The molecule has 0 spiro atoms. The predicted molar refractivity (Wildman–Crippen MR) is 95.2 cm³/mol. The van der Waals surface area contributed by atoms with Crippen LogP contribution in [-0.4, -0.2) is 96.5 Å². The van der Waals surface area contributed by atoms with E-state index in [1.807, 2.05) is 0 Å². The molecule has 1 saturated carbocycles. The second-order valence-electron chi connectivity index (χ2n) is 8.55. The van der Waals surface area contributed by atoms with Crippen LogP contribution in [0.15, 0.2) is 0 Å². The van der Waals surface area contributed by atoms with Crippen LogP contribution < -0.4 is 0 Å². The number of nitrogens with zero attached hydrogens (tertiary/aromatic N) is 3. The Hall–Kier alpha value is -0.200. The molecule has 1 aliphatic carbocycles. The van der Waals surface area contributed by atoms with Crippen LogP contribution in [0.5, 0.6) is 0 Å². The van der Waals surface area contributed by atoms with E-state index in [1.54, 1.807) is 0 Å². The fourth-order valence-corrected chi connectivity index (χ4v) is 5.14. The zero-order chi connectivity index (χ0) is 16.4. The predicted octanol–water partition coefficient (Wildman–Crippen LogP) is 1.16. The van der Waals surface area contributed by atoms with Gasteiger partial charge in [-0.3, -0.25) is 14.7 Å². The molecule has 0 aromatic heterocycles. The molecule has 3 heterocycles. The third-order valence-electron chi connectivity index (χ3n) is 6.84. The van der Waals surface area contributed by atoms with Crippen molar-refractivity contribution >= 4 is 0 Å². The molecule has 4 rings (SSSR count). The van der Waals surface area contributed by atoms with Gasteiger partial charge >= 0.3 is 0 Å². The lowest BCUT2D eigenvalue weighted by Crippen LogP contribution is -2.65. The van der Waals surface area contributed by atoms with E-state index in [2.05, 4.69) is 14.7 Å². The summed E-state index contributed by atoms with van der Waals surface area (Å²) in [5.74, 6) is 0. The summed E-state index contributed by atoms with van der Waals surface area (Å²) in [6.45, 7) is 9.59. The Morgan fingerprint density at radius 2 is 1.42 bits per heavy atom. The second kappa shape index (κ2) is 7.58. The number of β-amino-alcohol motifs (C(OH)–C–C–N with tert-alkyl or cyclic N) is 1. The molecule has 3 saturated heterocycles. The molecule has 1 N–H and O–H groups in total. The molecule has 0 unspecified atom stereocenters. The van der Waals surface area contributed by atoms with E-state index < -0.39 is 5.60 Å². The molecule has 5 nitrogen and oxygen atoms in total. The smallest absolute Gasteiger partial charge is 0.0817 e. The Morgan fingerprint density at radius 1 is 0.833 bits per heavy atom. The first-order valence-electron chi connectivity index (χ1n) is 10.2. The molecule has 4 fully saturated rings. The Balaban J connectivity index is 1.17. The number of ether oxygens (including phenoxy) is 1. The Kier molecular flexibility index (Phi) is 5.44. The highest BCUT2D eigenvalue weighted by atomic mass is 16.5. The average molecular weight is 338 g/mol. The summed E-state index contributed by atoms with van der Waals surface area (Å²) in [6, 6.07) is 1.60. The summed E-state index contributed by atoms with van der Waals surface area (Å²) in [4.78, 5) is 7.91. The maximum Gasteiger partial charge on any atom is 0.0817 e. The van der Waals surface area contributed by atoms with E-state index >= 15 is 0 Å². The maximum atomic E-state index is 10.6. The number of hydrogen-bond donors (Lipinski definition) is 1. The molecule has 4 aliphatic rings. The van der Waals surface area contributed by atoms with Gasteiger partial charge in [0.25, 0.3) is 0 Å². The monoisotopic (exact) mass is 337 g/mol. The van der Waals surface area contributed by atoms with E-state index in [4.69, 9.17) is 4.74 Å². The summed E-state index contributed by atoms with van der Waals surface area (Å²) in [5.41, 5.74) is -0.497. The van der Waals surface area contributed by atoms with E-state index in [0.29, 0.717) is 0 Å². The highest BCUT2D eigenvalue weighted by Gasteiger charge is 2.39. The molecule has 3 aliphatic heterocycles. The summed E-state index contributed by atoms with van der Waals surface area (Å²) in [7, 11) is 0. The molecule has 0 radical (unpaired) electrons. The zero-order valence-corrected chi connectivity index (χ0v) is 15.2. The van der Waals surface area contributed by atoms with Crippen molar-refractivity contribution in [3.63, 3.8) is 0 Å². The lowest BCUT2D eigenvalue weighted by Gasteiger charge is -2.51. The van der Waals surface area contributed by atoms with Gasteiger partial charge in [-0.15, -0.1) is 0 Å². The Morgan fingerprint density at radius 3 is 2.04 bits per heavy atom. The van der Waals surface area contributed by atoms with Crippen LogP contribution in [0.25, 0.3) is 0 Å². The molecule has 5 heteroatoms. The minimum absolute atomic E-state index is 0.497. The zero-order valence-electron chi connectivity index (χ0n) is 15.2. The Bertz CT molecular complexity index is 393. The lowest BCUT2D eigenvalue weighted by molar-refractivity contribution is -0.101. The fraction of sp³-hybridized carbons (Fsp3) is 1.00. The third kappa shape index (κ3) is 3.96.